The van der Waals surface area contributed by atoms with E-state index in [4.69, 9.17) is 23.1 Å². The fourth-order valence-electron chi connectivity index (χ4n) is 7.16. The summed E-state index contributed by atoms with van der Waals surface area (Å²) < 4.78 is 33.2. The summed E-state index contributed by atoms with van der Waals surface area (Å²) in [7, 11) is -4.00. The number of carbonyl (C=O) groups excluding carboxylic acids is 1. The Morgan fingerprint density at radius 3 is 2.20 bits per heavy atom. The SMILES string of the molecule is CCC[C@@H](COC1CC(O[Si](C)(C)C(C)(C)C)C=C2C=CC(C)C(CC[C@@H]3C[C@@H](O[Si](C)(C)C(C)(C)C)CC(=O)O3)C21)Oc1ccccc1. The van der Waals surface area contributed by atoms with Gasteiger partial charge in [-0.1, -0.05) is 98.2 Å². The van der Waals surface area contributed by atoms with Gasteiger partial charge in [0.25, 0.3) is 0 Å². The fourth-order valence-corrected chi connectivity index (χ4v) is 9.80. The Hall–Kier alpha value is -1.72. The van der Waals surface area contributed by atoms with Gasteiger partial charge < -0.3 is 23.1 Å². The zero-order valence-corrected chi connectivity index (χ0v) is 34.8. The Balaban J connectivity index is 1.54. The largest absolute Gasteiger partial charge is 0.488 e. The van der Waals surface area contributed by atoms with Crippen molar-refractivity contribution in [2.24, 2.45) is 17.8 Å². The maximum absolute atomic E-state index is 12.8. The van der Waals surface area contributed by atoms with E-state index >= 15 is 0 Å². The summed E-state index contributed by atoms with van der Waals surface area (Å²) in [6.07, 6.45) is 12.7. The first-order chi connectivity index (χ1) is 22.8. The first-order valence-electron chi connectivity index (χ1n) is 19.1. The van der Waals surface area contributed by atoms with Crippen LogP contribution >= 0.6 is 0 Å². The molecule has 0 N–H and O–H groups in total. The predicted octanol–water partition coefficient (Wildman–Crippen LogP) is 10.7. The summed E-state index contributed by atoms with van der Waals surface area (Å²) in [5.74, 6) is 1.77. The highest BCUT2D eigenvalue weighted by Crippen LogP contribution is 2.47. The number of allylic oxidation sites excluding steroid dienone is 2. The third-order valence-corrected chi connectivity index (χ3v) is 21.1. The molecule has 1 aromatic rings. The van der Waals surface area contributed by atoms with E-state index < -0.39 is 16.6 Å². The van der Waals surface area contributed by atoms with Crippen LogP contribution in [0.5, 0.6) is 5.75 Å². The number of carbonyl (C=O) groups is 1. The zero-order valence-electron chi connectivity index (χ0n) is 32.8. The van der Waals surface area contributed by atoms with Crippen LogP contribution in [0.3, 0.4) is 0 Å². The van der Waals surface area contributed by atoms with Crippen molar-refractivity contribution in [2.75, 3.05) is 6.61 Å². The highest BCUT2D eigenvalue weighted by Gasteiger charge is 2.46. The first kappa shape index (κ1) is 40.1. The van der Waals surface area contributed by atoms with Crippen molar-refractivity contribution in [1.82, 2.24) is 0 Å². The van der Waals surface area contributed by atoms with Crippen molar-refractivity contribution < 1.29 is 27.9 Å². The highest BCUT2D eigenvalue weighted by molar-refractivity contribution is 6.74. The molecule has 8 heteroatoms. The second-order valence-electron chi connectivity index (χ2n) is 18.1. The molecule has 1 aromatic carbocycles. The van der Waals surface area contributed by atoms with Crippen LogP contribution in [-0.2, 0) is 23.1 Å². The number of benzene rings is 1. The standard InChI is InChI=1S/C41H68O6Si2/c1-13-17-33(44-31-18-15-14-16-19-31)28-43-37-26-34(46-48(9,10)40(3,4)5)24-30-21-20-29(2)36(39(30)37)23-22-32-25-35(27-38(42)45-32)47-49(11,12)41(6,7)8/h14-16,18-21,24,29,32-37,39H,13,17,22-23,25-28H2,1-12H3/t29?,32-,33+,34?,35-,36?,37?,39?/m1/s1. The maximum Gasteiger partial charge on any atom is 0.308 e. The van der Waals surface area contributed by atoms with Crippen LogP contribution in [-0.4, -0.2) is 59.7 Å². The van der Waals surface area contributed by atoms with E-state index in [1.165, 1.54) is 5.57 Å². The molecule has 1 aliphatic heterocycles. The molecule has 1 saturated heterocycles. The van der Waals surface area contributed by atoms with Gasteiger partial charge >= 0.3 is 5.97 Å². The van der Waals surface area contributed by atoms with Gasteiger partial charge in [-0.2, -0.15) is 0 Å². The van der Waals surface area contributed by atoms with Crippen LogP contribution < -0.4 is 4.74 Å². The Morgan fingerprint density at radius 2 is 1.57 bits per heavy atom. The van der Waals surface area contributed by atoms with Gasteiger partial charge in [0.15, 0.2) is 16.6 Å². The number of para-hydroxylation sites is 1. The fraction of sp³-hybridized carbons (Fsp3) is 0.732. The van der Waals surface area contributed by atoms with E-state index in [0.717, 1.165) is 44.3 Å². The van der Waals surface area contributed by atoms with Gasteiger partial charge in [0.2, 0.25) is 0 Å². The minimum atomic E-state index is -2.00. The Kier molecular flexibility index (Phi) is 13.3. The molecule has 6 nitrogen and oxygen atoms in total. The van der Waals surface area contributed by atoms with Crippen LogP contribution in [0.1, 0.15) is 100 Å². The second-order valence-corrected chi connectivity index (χ2v) is 27.6. The number of hydrogen-bond donors (Lipinski definition) is 0. The molecule has 0 radical (unpaired) electrons. The molecule has 0 aromatic heterocycles. The molecule has 1 heterocycles. The third kappa shape index (κ3) is 10.7. The first-order valence-corrected chi connectivity index (χ1v) is 24.9. The summed E-state index contributed by atoms with van der Waals surface area (Å²) in [5.41, 5.74) is 1.33. The lowest BCUT2D eigenvalue weighted by atomic mass is 9.66. The molecule has 0 saturated carbocycles. The summed E-state index contributed by atoms with van der Waals surface area (Å²) >= 11 is 0. The van der Waals surface area contributed by atoms with E-state index in [0.29, 0.717) is 24.9 Å². The second kappa shape index (κ2) is 16.3. The Labute approximate surface area is 301 Å². The minimum absolute atomic E-state index is 0.00877. The Morgan fingerprint density at radius 1 is 0.918 bits per heavy atom. The van der Waals surface area contributed by atoms with Crippen LogP contribution in [0.25, 0.3) is 0 Å². The molecule has 0 spiro atoms. The third-order valence-electron chi connectivity index (χ3n) is 12.1. The Bertz CT molecular complexity index is 1280. The van der Waals surface area contributed by atoms with E-state index in [1.807, 2.05) is 30.3 Å². The number of ether oxygens (including phenoxy) is 3. The lowest BCUT2D eigenvalue weighted by Gasteiger charge is -2.46. The lowest BCUT2D eigenvalue weighted by molar-refractivity contribution is -0.160. The monoisotopic (exact) mass is 712 g/mol. The number of fused-ring (bicyclic) bond motifs is 1. The molecule has 49 heavy (non-hydrogen) atoms. The van der Waals surface area contributed by atoms with Crippen LogP contribution in [0.2, 0.25) is 36.3 Å². The molecule has 2 aliphatic carbocycles. The van der Waals surface area contributed by atoms with E-state index in [2.05, 4.69) is 99.8 Å². The molecule has 276 valence electrons. The number of hydrogen-bond acceptors (Lipinski definition) is 6. The topological polar surface area (TPSA) is 63.2 Å². The van der Waals surface area contributed by atoms with Crippen molar-refractivity contribution in [3.63, 3.8) is 0 Å². The average molecular weight is 713 g/mol. The summed E-state index contributed by atoms with van der Waals surface area (Å²) in [6.45, 7) is 28.0. The van der Waals surface area contributed by atoms with Crippen molar-refractivity contribution in [1.29, 1.82) is 0 Å². The van der Waals surface area contributed by atoms with Crippen molar-refractivity contribution in [3.05, 3.63) is 54.1 Å². The van der Waals surface area contributed by atoms with Crippen molar-refractivity contribution in [2.45, 2.75) is 167 Å². The average Bonchev–Trinajstić information content (AvgIpc) is 2.98. The smallest absolute Gasteiger partial charge is 0.308 e. The van der Waals surface area contributed by atoms with Gasteiger partial charge in [-0.15, -0.1) is 0 Å². The quantitative estimate of drug-likeness (QED) is 0.141. The molecule has 3 aliphatic rings. The van der Waals surface area contributed by atoms with Crippen LogP contribution in [0.4, 0.5) is 0 Å². The maximum atomic E-state index is 12.8. The molecule has 5 unspecified atom stereocenters. The van der Waals surface area contributed by atoms with Crippen molar-refractivity contribution in [3.8, 4) is 5.75 Å². The van der Waals surface area contributed by atoms with E-state index in [-0.39, 0.29) is 52.5 Å². The number of rotatable bonds is 14. The van der Waals surface area contributed by atoms with Gasteiger partial charge in [-0.25, -0.2) is 0 Å². The minimum Gasteiger partial charge on any atom is -0.488 e. The molecule has 1 fully saturated rings. The van der Waals surface area contributed by atoms with Crippen molar-refractivity contribution >= 4 is 22.6 Å². The predicted molar refractivity (Wildman–Crippen MR) is 206 cm³/mol. The lowest BCUT2D eigenvalue weighted by Crippen LogP contribution is -2.48. The summed E-state index contributed by atoms with van der Waals surface area (Å²) in [5, 5.41) is 0.221. The van der Waals surface area contributed by atoms with E-state index in [1.54, 1.807) is 0 Å². The van der Waals surface area contributed by atoms with Crippen LogP contribution in [0.15, 0.2) is 54.1 Å². The molecular formula is C41H68O6Si2. The molecule has 8 atom stereocenters. The number of cyclic esters (lactones) is 1. The van der Waals surface area contributed by atoms with Gasteiger partial charge in [0.05, 0.1) is 31.3 Å². The molecule has 4 rings (SSSR count). The molecular weight excluding hydrogens is 645 g/mol. The van der Waals surface area contributed by atoms with Gasteiger partial charge in [0, 0.05) is 18.8 Å². The zero-order chi connectivity index (χ0) is 36.2. The van der Waals surface area contributed by atoms with Gasteiger partial charge in [-0.05, 0) is 85.1 Å². The highest BCUT2D eigenvalue weighted by atomic mass is 28.4. The van der Waals surface area contributed by atoms with Crippen LogP contribution in [0, 0.1) is 17.8 Å². The number of esters is 1. The van der Waals surface area contributed by atoms with Gasteiger partial charge in [-0.3, -0.25) is 4.79 Å². The summed E-state index contributed by atoms with van der Waals surface area (Å²) in [4.78, 5) is 12.8. The molecule has 0 bridgehead atoms. The summed E-state index contributed by atoms with van der Waals surface area (Å²) in [6, 6.07) is 10.1. The van der Waals surface area contributed by atoms with E-state index in [9.17, 15) is 4.79 Å². The van der Waals surface area contributed by atoms with Gasteiger partial charge in [0.1, 0.15) is 18.0 Å². The normalized spacial score (nSPS) is 28.8. The molecule has 0 amide bonds.